The number of aryl methyl sites for hydroxylation is 1. The third kappa shape index (κ3) is 3.27. The molecule has 1 heterocycles. The zero-order valence-corrected chi connectivity index (χ0v) is 11.4. The number of rotatable bonds is 4. The van der Waals surface area contributed by atoms with Crippen molar-refractivity contribution in [3.63, 3.8) is 0 Å². The lowest BCUT2D eigenvalue weighted by atomic mass is 10.1. The smallest absolute Gasteiger partial charge is 0.267 e. The van der Waals surface area contributed by atoms with Gasteiger partial charge in [0.2, 0.25) is 0 Å². The number of thiophene rings is 1. The number of hydrogen-bond acceptors (Lipinski definition) is 5. The van der Waals surface area contributed by atoms with Crippen LogP contribution in [0.3, 0.4) is 0 Å². The second-order valence-corrected chi connectivity index (χ2v) is 4.95. The largest absolute Gasteiger partial charge is 0.273 e. The van der Waals surface area contributed by atoms with E-state index < -0.39 is 10.8 Å². The van der Waals surface area contributed by atoms with Gasteiger partial charge in [0.15, 0.2) is 0 Å². The van der Waals surface area contributed by atoms with Crippen LogP contribution in [0.15, 0.2) is 40.8 Å². The lowest BCUT2D eigenvalue weighted by molar-refractivity contribution is -0.385. The van der Waals surface area contributed by atoms with Gasteiger partial charge >= 0.3 is 0 Å². The molecule has 0 saturated heterocycles. The van der Waals surface area contributed by atoms with Crippen LogP contribution in [0, 0.1) is 17.0 Å². The summed E-state index contributed by atoms with van der Waals surface area (Å²) in [6.07, 6.45) is 1.52. The molecule has 0 spiro atoms. The molecule has 0 atom stereocenters. The molecule has 1 amide bonds. The molecular weight excluding hydrogens is 278 g/mol. The maximum atomic E-state index is 11.8. The van der Waals surface area contributed by atoms with Gasteiger partial charge < -0.3 is 0 Å². The Morgan fingerprint density at radius 2 is 2.25 bits per heavy atom. The molecule has 2 aromatic rings. The van der Waals surface area contributed by atoms with Gasteiger partial charge in [-0.05, 0) is 24.4 Å². The molecule has 20 heavy (non-hydrogen) atoms. The van der Waals surface area contributed by atoms with Gasteiger partial charge in [-0.2, -0.15) is 5.10 Å². The van der Waals surface area contributed by atoms with E-state index in [1.165, 1.54) is 35.8 Å². The predicted octanol–water partition coefficient (Wildman–Crippen LogP) is 2.73. The zero-order chi connectivity index (χ0) is 14.5. The SMILES string of the molecule is Cc1ccc(C(=O)N/N=C/c2cccs2)cc1[N+](=O)[O-]. The topological polar surface area (TPSA) is 84.6 Å². The van der Waals surface area contributed by atoms with Gasteiger partial charge in [0.05, 0.1) is 11.1 Å². The second-order valence-electron chi connectivity index (χ2n) is 3.97. The van der Waals surface area contributed by atoms with Gasteiger partial charge in [0.1, 0.15) is 0 Å². The van der Waals surface area contributed by atoms with E-state index in [4.69, 9.17) is 0 Å². The van der Waals surface area contributed by atoms with Crippen LogP contribution in [-0.2, 0) is 0 Å². The number of amides is 1. The normalized spacial score (nSPS) is 10.7. The van der Waals surface area contributed by atoms with Crippen LogP contribution in [0.4, 0.5) is 5.69 Å². The first-order valence-corrected chi connectivity index (χ1v) is 6.58. The number of nitrogens with one attached hydrogen (secondary N) is 1. The zero-order valence-electron chi connectivity index (χ0n) is 10.6. The molecule has 1 N–H and O–H groups in total. The molecular formula is C13H11N3O3S. The summed E-state index contributed by atoms with van der Waals surface area (Å²) in [6.45, 7) is 1.62. The van der Waals surface area contributed by atoms with E-state index >= 15 is 0 Å². The van der Waals surface area contributed by atoms with Crippen LogP contribution in [0.5, 0.6) is 0 Å². The Hall–Kier alpha value is -2.54. The summed E-state index contributed by atoms with van der Waals surface area (Å²) in [6, 6.07) is 8.04. The molecule has 0 bridgehead atoms. The van der Waals surface area contributed by atoms with Crippen molar-refractivity contribution < 1.29 is 9.72 Å². The number of nitro benzene ring substituents is 1. The lowest BCUT2D eigenvalue weighted by Crippen LogP contribution is -2.17. The Morgan fingerprint density at radius 3 is 2.90 bits per heavy atom. The third-order valence-electron chi connectivity index (χ3n) is 2.57. The Labute approximate surface area is 118 Å². The third-order valence-corrected chi connectivity index (χ3v) is 3.38. The molecule has 0 aliphatic carbocycles. The van der Waals surface area contributed by atoms with Crippen molar-refractivity contribution in [1.82, 2.24) is 5.43 Å². The van der Waals surface area contributed by atoms with Crippen LogP contribution >= 0.6 is 11.3 Å². The van der Waals surface area contributed by atoms with E-state index in [9.17, 15) is 14.9 Å². The van der Waals surface area contributed by atoms with Crippen molar-refractivity contribution in [2.75, 3.05) is 0 Å². The molecule has 0 saturated carbocycles. The Kier molecular flexibility index (Phi) is 4.21. The second kappa shape index (κ2) is 6.07. The van der Waals surface area contributed by atoms with Crippen molar-refractivity contribution >= 4 is 29.1 Å². The molecule has 2 rings (SSSR count). The highest BCUT2D eigenvalue weighted by Gasteiger charge is 2.14. The van der Waals surface area contributed by atoms with Gasteiger partial charge in [-0.3, -0.25) is 14.9 Å². The number of nitro groups is 1. The average Bonchev–Trinajstić information content (AvgIpc) is 2.92. The average molecular weight is 289 g/mol. The Bertz CT molecular complexity index is 666. The quantitative estimate of drug-likeness (QED) is 0.533. The fraction of sp³-hybridized carbons (Fsp3) is 0.0769. The summed E-state index contributed by atoms with van der Waals surface area (Å²) < 4.78 is 0. The van der Waals surface area contributed by atoms with E-state index in [0.717, 1.165) is 4.88 Å². The van der Waals surface area contributed by atoms with Crippen molar-refractivity contribution in [3.05, 3.63) is 61.8 Å². The minimum absolute atomic E-state index is 0.0834. The molecule has 0 fully saturated rings. The monoisotopic (exact) mass is 289 g/mol. The highest BCUT2D eigenvalue weighted by molar-refractivity contribution is 7.11. The predicted molar refractivity (Wildman–Crippen MR) is 77.2 cm³/mol. The van der Waals surface area contributed by atoms with Crippen molar-refractivity contribution in [2.45, 2.75) is 6.92 Å². The number of carbonyl (C=O) groups is 1. The number of benzene rings is 1. The fourth-order valence-corrected chi connectivity index (χ4v) is 2.12. The van der Waals surface area contributed by atoms with Crippen molar-refractivity contribution in [3.8, 4) is 0 Å². The first-order valence-electron chi connectivity index (χ1n) is 5.70. The first-order chi connectivity index (χ1) is 9.58. The summed E-state index contributed by atoms with van der Waals surface area (Å²) in [4.78, 5) is 23.0. The molecule has 0 aliphatic heterocycles. The van der Waals surface area contributed by atoms with E-state index in [0.29, 0.717) is 5.56 Å². The minimum Gasteiger partial charge on any atom is -0.267 e. The van der Waals surface area contributed by atoms with Gasteiger partial charge in [-0.1, -0.05) is 12.1 Å². The molecule has 1 aromatic carbocycles. The van der Waals surface area contributed by atoms with Crippen molar-refractivity contribution in [1.29, 1.82) is 0 Å². The summed E-state index contributed by atoms with van der Waals surface area (Å²) in [5, 5.41) is 16.5. The van der Waals surface area contributed by atoms with E-state index in [2.05, 4.69) is 10.5 Å². The number of nitrogens with zero attached hydrogens (tertiary/aromatic N) is 2. The molecule has 7 heteroatoms. The van der Waals surface area contributed by atoms with Crippen LogP contribution in [0.1, 0.15) is 20.8 Å². The van der Waals surface area contributed by atoms with E-state index in [-0.39, 0.29) is 11.3 Å². The van der Waals surface area contributed by atoms with Gasteiger partial charge in [0.25, 0.3) is 11.6 Å². The molecule has 102 valence electrons. The van der Waals surface area contributed by atoms with E-state index in [1.807, 2.05) is 17.5 Å². The molecule has 1 aromatic heterocycles. The van der Waals surface area contributed by atoms with Gasteiger partial charge in [0, 0.05) is 22.1 Å². The summed E-state index contributed by atoms with van der Waals surface area (Å²) >= 11 is 1.49. The van der Waals surface area contributed by atoms with Crippen molar-refractivity contribution in [2.24, 2.45) is 5.10 Å². The number of carbonyl (C=O) groups excluding carboxylic acids is 1. The standard InChI is InChI=1S/C13H11N3O3S/c1-9-4-5-10(7-12(9)16(18)19)13(17)15-14-8-11-3-2-6-20-11/h2-8H,1H3,(H,15,17)/b14-8+. The van der Waals surface area contributed by atoms with Crippen LogP contribution in [0.25, 0.3) is 0 Å². The molecule has 0 unspecified atom stereocenters. The van der Waals surface area contributed by atoms with Crippen LogP contribution in [-0.4, -0.2) is 17.0 Å². The minimum atomic E-state index is -0.513. The summed E-state index contributed by atoms with van der Waals surface area (Å²) in [5.74, 6) is -0.485. The number of hydrazone groups is 1. The number of hydrogen-bond donors (Lipinski definition) is 1. The lowest BCUT2D eigenvalue weighted by Gasteiger charge is -2.01. The maximum absolute atomic E-state index is 11.8. The molecule has 6 nitrogen and oxygen atoms in total. The molecule has 0 aliphatic rings. The Balaban J connectivity index is 2.09. The summed E-state index contributed by atoms with van der Waals surface area (Å²) in [5.41, 5.74) is 2.96. The van der Waals surface area contributed by atoms with Crippen LogP contribution < -0.4 is 5.43 Å². The van der Waals surface area contributed by atoms with Gasteiger partial charge in [-0.25, -0.2) is 5.43 Å². The highest BCUT2D eigenvalue weighted by Crippen LogP contribution is 2.19. The van der Waals surface area contributed by atoms with Gasteiger partial charge in [-0.15, -0.1) is 11.3 Å². The first kappa shape index (κ1) is 13.9. The fourth-order valence-electron chi connectivity index (χ4n) is 1.53. The van der Waals surface area contributed by atoms with E-state index in [1.54, 1.807) is 6.92 Å². The Morgan fingerprint density at radius 1 is 1.45 bits per heavy atom. The molecule has 0 radical (unpaired) electrons. The van der Waals surface area contributed by atoms with Crippen LogP contribution in [0.2, 0.25) is 0 Å². The highest BCUT2D eigenvalue weighted by atomic mass is 32.1. The summed E-state index contributed by atoms with van der Waals surface area (Å²) in [7, 11) is 0. The maximum Gasteiger partial charge on any atom is 0.273 e.